The minimum atomic E-state index is -0.187. The first-order valence-corrected chi connectivity index (χ1v) is 4.71. The molecular weight excluding hydrogens is 188 g/mol. The van der Waals surface area contributed by atoms with E-state index in [-0.39, 0.29) is 11.4 Å². The van der Waals surface area contributed by atoms with Crippen LogP contribution in [0.25, 0.3) is 0 Å². The summed E-state index contributed by atoms with van der Waals surface area (Å²) >= 11 is 0. The maximum absolute atomic E-state index is 11.2. The molecule has 0 fully saturated rings. The van der Waals surface area contributed by atoms with Crippen LogP contribution in [-0.4, -0.2) is 5.78 Å². The smallest absolute Gasteiger partial charge is 0.172 e. The Bertz CT molecular complexity index is 468. The summed E-state index contributed by atoms with van der Waals surface area (Å²) < 4.78 is 0. The van der Waals surface area contributed by atoms with Crippen LogP contribution in [0.5, 0.6) is 0 Å². The molecule has 0 saturated heterocycles. The Kier molecular flexibility index (Phi) is 2.26. The molecule has 0 radical (unpaired) electrons. The van der Waals surface area contributed by atoms with Crippen LogP contribution >= 0.6 is 0 Å². The summed E-state index contributed by atoms with van der Waals surface area (Å²) in [5.41, 5.74) is 3.06. The van der Waals surface area contributed by atoms with Gasteiger partial charge in [-0.05, 0) is 18.6 Å². The SMILES string of the molecule is CC(=O)/C(C#N)=C1\Cc2ccccc2N1. The van der Waals surface area contributed by atoms with Gasteiger partial charge < -0.3 is 5.32 Å². The van der Waals surface area contributed by atoms with E-state index in [2.05, 4.69) is 5.32 Å². The zero-order valence-corrected chi connectivity index (χ0v) is 8.37. The van der Waals surface area contributed by atoms with Crippen LogP contribution in [0.3, 0.4) is 0 Å². The molecule has 0 atom stereocenters. The first kappa shape index (κ1) is 9.47. The van der Waals surface area contributed by atoms with Gasteiger partial charge in [0, 0.05) is 17.8 Å². The molecule has 15 heavy (non-hydrogen) atoms. The second-order valence-electron chi connectivity index (χ2n) is 3.48. The van der Waals surface area contributed by atoms with Gasteiger partial charge in [0.1, 0.15) is 11.6 Å². The second kappa shape index (κ2) is 3.58. The summed E-state index contributed by atoms with van der Waals surface area (Å²) in [6.07, 6.45) is 0.638. The van der Waals surface area contributed by atoms with E-state index in [9.17, 15) is 4.79 Å². The highest BCUT2D eigenvalue weighted by Crippen LogP contribution is 2.28. The quantitative estimate of drug-likeness (QED) is 0.554. The molecule has 3 heteroatoms. The van der Waals surface area contributed by atoms with Crippen molar-refractivity contribution in [2.75, 3.05) is 5.32 Å². The molecule has 1 aliphatic heterocycles. The molecule has 0 amide bonds. The number of para-hydroxylation sites is 1. The number of nitrogens with zero attached hydrogens (tertiary/aromatic N) is 1. The lowest BCUT2D eigenvalue weighted by atomic mass is 10.1. The number of nitriles is 1. The summed E-state index contributed by atoms with van der Waals surface area (Å²) in [6, 6.07) is 9.75. The maximum Gasteiger partial charge on any atom is 0.172 e. The van der Waals surface area contributed by atoms with Gasteiger partial charge in [-0.2, -0.15) is 5.26 Å². The molecule has 0 aromatic heterocycles. The third-order valence-electron chi connectivity index (χ3n) is 2.44. The number of hydrogen-bond donors (Lipinski definition) is 1. The number of carbonyl (C=O) groups excluding carboxylic acids is 1. The minimum Gasteiger partial charge on any atom is -0.357 e. The van der Waals surface area contributed by atoms with Crippen molar-refractivity contribution in [3.8, 4) is 6.07 Å². The third kappa shape index (κ3) is 1.62. The van der Waals surface area contributed by atoms with Crippen molar-refractivity contribution < 1.29 is 4.79 Å². The van der Waals surface area contributed by atoms with Crippen molar-refractivity contribution in [3.63, 3.8) is 0 Å². The van der Waals surface area contributed by atoms with E-state index in [4.69, 9.17) is 5.26 Å². The Morgan fingerprint density at radius 3 is 2.80 bits per heavy atom. The highest BCUT2D eigenvalue weighted by molar-refractivity contribution is 5.99. The Balaban J connectivity index is 2.42. The lowest BCUT2D eigenvalue weighted by Gasteiger charge is -2.00. The van der Waals surface area contributed by atoms with Gasteiger partial charge in [0.05, 0.1) is 0 Å². The Hall–Kier alpha value is -2.08. The number of Topliss-reactive ketones (excluding diaryl/α,β-unsaturated/α-hetero) is 1. The highest BCUT2D eigenvalue weighted by atomic mass is 16.1. The lowest BCUT2D eigenvalue weighted by Crippen LogP contribution is -2.04. The van der Waals surface area contributed by atoms with Gasteiger partial charge >= 0.3 is 0 Å². The first-order valence-electron chi connectivity index (χ1n) is 4.71. The number of rotatable bonds is 1. The Labute approximate surface area is 88.0 Å². The van der Waals surface area contributed by atoms with Gasteiger partial charge in [0.15, 0.2) is 5.78 Å². The largest absolute Gasteiger partial charge is 0.357 e. The third-order valence-corrected chi connectivity index (χ3v) is 2.44. The average molecular weight is 198 g/mol. The number of allylic oxidation sites excluding steroid dienone is 2. The predicted octanol–water partition coefficient (Wildman–Crippen LogP) is 2.02. The van der Waals surface area contributed by atoms with Crippen molar-refractivity contribution in [1.29, 1.82) is 5.26 Å². The molecule has 0 spiro atoms. The highest BCUT2D eigenvalue weighted by Gasteiger charge is 2.19. The number of benzene rings is 1. The van der Waals surface area contributed by atoms with Crippen molar-refractivity contribution in [3.05, 3.63) is 41.1 Å². The van der Waals surface area contributed by atoms with E-state index in [0.717, 1.165) is 11.3 Å². The van der Waals surface area contributed by atoms with Crippen molar-refractivity contribution in [1.82, 2.24) is 0 Å². The lowest BCUT2D eigenvalue weighted by molar-refractivity contribution is -0.113. The predicted molar refractivity (Wildman–Crippen MR) is 57.1 cm³/mol. The van der Waals surface area contributed by atoms with Gasteiger partial charge in [0.2, 0.25) is 0 Å². The maximum atomic E-state index is 11.2. The standard InChI is InChI=1S/C12H10N2O/c1-8(15)10(7-13)12-6-9-4-2-3-5-11(9)14-12/h2-5,14H,6H2,1H3/b12-10+. The van der Waals surface area contributed by atoms with Crippen molar-refractivity contribution in [2.45, 2.75) is 13.3 Å². The molecule has 1 N–H and O–H groups in total. The van der Waals surface area contributed by atoms with Crippen LogP contribution in [0.15, 0.2) is 35.5 Å². The monoisotopic (exact) mass is 198 g/mol. The normalized spacial score (nSPS) is 16.3. The topological polar surface area (TPSA) is 52.9 Å². The molecule has 0 aliphatic carbocycles. The summed E-state index contributed by atoms with van der Waals surface area (Å²) in [6.45, 7) is 1.41. The average Bonchev–Trinajstić information content (AvgIpc) is 2.61. The minimum absolute atomic E-state index is 0.187. The first-order chi connectivity index (χ1) is 7.22. The fourth-order valence-corrected chi connectivity index (χ4v) is 1.70. The summed E-state index contributed by atoms with van der Waals surface area (Å²) in [7, 11) is 0. The zero-order valence-electron chi connectivity index (χ0n) is 8.37. The van der Waals surface area contributed by atoms with E-state index in [1.54, 1.807) is 0 Å². The Morgan fingerprint density at radius 1 is 1.47 bits per heavy atom. The van der Waals surface area contributed by atoms with Crippen LogP contribution in [0.4, 0.5) is 5.69 Å². The number of fused-ring (bicyclic) bond motifs is 1. The summed E-state index contributed by atoms with van der Waals surface area (Å²) in [4.78, 5) is 11.2. The van der Waals surface area contributed by atoms with E-state index in [0.29, 0.717) is 12.1 Å². The van der Waals surface area contributed by atoms with Gasteiger partial charge in [-0.15, -0.1) is 0 Å². The van der Waals surface area contributed by atoms with Crippen LogP contribution in [0, 0.1) is 11.3 Å². The molecular formula is C12H10N2O. The zero-order chi connectivity index (χ0) is 10.8. The van der Waals surface area contributed by atoms with Crippen LogP contribution in [0.2, 0.25) is 0 Å². The number of ketones is 1. The summed E-state index contributed by atoms with van der Waals surface area (Å²) in [5.74, 6) is -0.187. The van der Waals surface area contributed by atoms with Gasteiger partial charge in [-0.3, -0.25) is 4.79 Å². The van der Waals surface area contributed by atoms with Gasteiger partial charge in [0.25, 0.3) is 0 Å². The molecule has 1 heterocycles. The number of hydrogen-bond acceptors (Lipinski definition) is 3. The second-order valence-corrected chi connectivity index (χ2v) is 3.48. The number of nitrogens with one attached hydrogen (secondary N) is 1. The number of anilines is 1. The molecule has 74 valence electrons. The van der Waals surface area contributed by atoms with Crippen molar-refractivity contribution in [2.24, 2.45) is 0 Å². The molecule has 0 saturated carbocycles. The molecule has 1 aromatic rings. The van der Waals surface area contributed by atoms with E-state index < -0.39 is 0 Å². The molecule has 1 aromatic carbocycles. The van der Waals surface area contributed by atoms with Crippen LogP contribution in [-0.2, 0) is 11.2 Å². The van der Waals surface area contributed by atoms with E-state index in [1.807, 2.05) is 30.3 Å². The molecule has 3 nitrogen and oxygen atoms in total. The molecule has 2 rings (SSSR count). The number of carbonyl (C=O) groups is 1. The fourth-order valence-electron chi connectivity index (χ4n) is 1.70. The molecule has 1 aliphatic rings. The Morgan fingerprint density at radius 2 is 2.20 bits per heavy atom. The van der Waals surface area contributed by atoms with Gasteiger partial charge in [-0.25, -0.2) is 0 Å². The van der Waals surface area contributed by atoms with E-state index in [1.165, 1.54) is 6.92 Å². The fraction of sp³-hybridized carbons (Fsp3) is 0.167. The van der Waals surface area contributed by atoms with Gasteiger partial charge in [-0.1, -0.05) is 18.2 Å². The molecule has 0 bridgehead atoms. The summed E-state index contributed by atoms with van der Waals surface area (Å²) in [5, 5.41) is 12.0. The van der Waals surface area contributed by atoms with Crippen LogP contribution < -0.4 is 5.32 Å². The van der Waals surface area contributed by atoms with Crippen LogP contribution in [0.1, 0.15) is 12.5 Å². The van der Waals surface area contributed by atoms with Crippen molar-refractivity contribution >= 4 is 11.5 Å². The van der Waals surface area contributed by atoms with E-state index >= 15 is 0 Å². The molecule has 0 unspecified atom stereocenters.